The second-order valence-electron chi connectivity index (χ2n) is 6.97. The Bertz CT molecular complexity index is 919. The van der Waals surface area contributed by atoms with Crippen LogP contribution in [0.3, 0.4) is 0 Å². The Morgan fingerprint density at radius 2 is 1.59 bits per heavy atom. The Balaban J connectivity index is 1.69. The van der Waals surface area contributed by atoms with Crippen LogP contribution in [0.4, 0.5) is 5.69 Å². The van der Waals surface area contributed by atoms with E-state index in [-0.39, 0.29) is 12.5 Å². The summed E-state index contributed by atoms with van der Waals surface area (Å²) in [5.41, 5.74) is 5.02. The highest BCUT2D eigenvalue weighted by atomic mass is 32.2. The fourth-order valence-electron chi connectivity index (χ4n) is 3.46. The quantitative estimate of drug-likeness (QED) is 0.857. The molecule has 0 unspecified atom stereocenters. The van der Waals surface area contributed by atoms with Gasteiger partial charge in [0.15, 0.2) is 0 Å². The smallest absolute Gasteiger partial charge is 0.282 e. The van der Waals surface area contributed by atoms with Crippen molar-refractivity contribution >= 4 is 21.8 Å². The molecule has 0 spiro atoms. The van der Waals surface area contributed by atoms with Crippen molar-refractivity contribution in [2.24, 2.45) is 0 Å². The summed E-state index contributed by atoms with van der Waals surface area (Å²) >= 11 is 0. The minimum atomic E-state index is -3.65. The van der Waals surface area contributed by atoms with E-state index in [0.717, 1.165) is 22.3 Å². The van der Waals surface area contributed by atoms with Crippen LogP contribution in [0.5, 0.6) is 0 Å². The Morgan fingerprint density at radius 1 is 1.00 bits per heavy atom. The molecule has 2 aromatic rings. The van der Waals surface area contributed by atoms with Crippen molar-refractivity contribution in [2.75, 3.05) is 25.0 Å². The maximum Gasteiger partial charge on any atom is 0.282 e. The Hall–Kier alpha value is -2.22. The van der Waals surface area contributed by atoms with Gasteiger partial charge >= 0.3 is 0 Å². The third-order valence-electron chi connectivity index (χ3n) is 4.80. The number of nitrogens with one attached hydrogen (secondary N) is 1. The molecule has 144 valence electrons. The topological polar surface area (TPSA) is 69.7 Å². The number of carbonyl (C=O) groups is 1. The van der Waals surface area contributed by atoms with E-state index in [2.05, 4.69) is 17.4 Å². The number of amides is 1. The molecular formula is C20H25N3O3S. The number of aryl methyl sites for hydroxylation is 3. The van der Waals surface area contributed by atoms with Crippen LogP contribution in [0.1, 0.15) is 22.3 Å². The molecule has 1 aliphatic heterocycles. The molecule has 1 heterocycles. The standard InChI is InChI=1S/C20H25N3O3S/c1-15-11-16(2)19(17(3)12-15)13-22-9-10-23(27(22,25)26)14-20(24)21-18-7-5-4-6-8-18/h4-8,11-12H,9-10,13-14H2,1-3H3,(H,21,24). The highest BCUT2D eigenvalue weighted by molar-refractivity contribution is 7.87. The summed E-state index contributed by atoms with van der Waals surface area (Å²) < 4.78 is 28.4. The molecule has 1 N–H and O–H groups in total. The van der Waals surface area contributed by atoms with Gasteiger partial charge in [0.1, 0.15) is 0 Å². The van der Waals surface area contributed by atoms with Crippen LogP contribution in [0.2, 0.25) is 0 Å². The number of para-hydroxylation sites is 1. The van der Waals surface area contributed by atoms with Gasteiger partial charge in [-0.1, -0.05) is 35.9 Å². The monoisotopic (exact) mass is 387 g/mol. The lowest BCUT2D eigenvalue weighted by Crippen LogP contribution is -2.38. The van der Waals surface area contributed by atoms with Crippen LogP contribution >= 0.6 is 0 Å². The Labute approximate surface area is 161 Å². The van der Waals surface area contributed by atoms with Crippen LogP contribution in [-0.2, 0) is 21.5 Å². The first-order valence-corrected chi connectivity index (χ1v) is 10.3. The lowest BCUT2D eigenvalue weighted by Gasteiger charge is -2.20. The van der Waals surface area contributed by atoms with Crippen molar-refractivity contribution < 1.29 is 13.2 Å². The van der Waals surface area contributed by atoms with Crippen molar-refractivity contribution in [3.63, 3.8) is 0 Å². The lowest BCUT2D eigenvalue weighted by molar-refractivity contribution is -0.116. The van der Waals surface area contributed by atoms with Gasteiger partial charge < -0.3 is 5.32 Å². The highest BCUT2D eigenvalue weighted by Crippen LogP contribution is 2.24. The molecule has 2 aromatic carbocycles. The molecule has 0 aliphatic carbocycles. The van der Waals surface area contributed by atoms with Crippen molar-refractivity contribution in [3.05, 3.63) is 64.7 Å². The molecule has 1 amide bonds. The molecule has 0 radical (unpaired) electrons. The van der Waals surface area contributed by atoms with Crippen LogP contribution in [0.15, 0.2) is 42.5 Å². The molecule has 0 atom stereocenters. The fraction of sp³-hybridized carbons (Fsp3) is 0.350. The third-order valence-corrected chi connectivity index (χ3v) is 6.73. The first kappa shape index (κ1) is 19.5. The number of hydrogen-bond acceptors (Lipinski definition) is 3. The summed E-state index contributed by atoms with van der Waals surface area (Å²) in [6, 6.07) is 13.2. The molecule has 3 rings (SSSR count). The molecule has 1 aliphatic rings. The first-order chi connectivity index (χ1) is 12.8. The second kappa shape index (κ2) is 7.80. The molecule has 0 bridgehead atoms. The van der Waals surface area contributed by atoms with Gasteiger partial charge in [-0.15, -0.1) is 0 Å². The zero-order valence-electron chi connectivity index (χ0n) is 15.9. The zero-order chi connectivity index (χ0) is 19.6. The molecule has 0 saturated carbocycles. The predicted octanol–water partition coefficient (Wildman–Crippen LogP) is 2.61. The summed E-state index contributed by atoms with van der Waals surface area (Å²) in [5, 5.41) is 2.73. The van der Waals surface area contributed by atoms with Gasteiger partial charge in [0, 0.05) is 25.3 Å². The molecular weight excluding hydrogens is 362 g/mol. The van der Waals surface area contributed by atoms with Gasteiger partial charge in [0.05, 0.1) is 6.54 Å². The third kappa shape index (κ3) is 4.37. The zero-order valence-corrected chi connectivity index (χ0v) is 16.7. The largest absolute Gasteiger partial charge is 0.325 e. The maximum absolute atomic E-state index is 12.8. The highest BCUT2D eigenvalue weighted by Gasteiger charge is 2.37. The molecule has 7 heteroatoms. The Kier molecular flexibility index (Phi) is 5.64. The van der Waals surface area contributed by atoms with Gasteiger partial charge in [-0.25, -0.2) is 0 Å². The normalized spacial score (nSPS) is 17.1. The van der Waals surface area contributed by atoms with E-state index in [1.807, 2.05) is 39.0 Å². The van der Waals surface area contributed by atoms with E-state index in [1.54, 1.807) is 12.1 Å². The average molecular weight is 388 g/mol. The van der Waals surface area contributed by atoms with Crippen molar-refractivity contribution in [1.29, 1.82) is 0 Å². The minimum absolute atomic E-state index is 0.181. The molecule has 27 heavy (non-hydrogen) atoms. The van der Waals surface area contributed by atoms with Gasteiger partial charge in [-0.3, -0.25) is 4.79 Å². The van der Waals surface area contributed by atoms with Crippen LogP contribution < -0.4 is 5.32 Å². The van der Waals surface area contributed by atoms with E-state index in [4.69, 9.17) is 0 Å². The van der Waals surface area contributed by atoms with Gasteiger partial charge in [-0.2, -0.15) is 17.0 Å². The summed E-state index contributed by atoms with van der Waals surface area (Å²) in [4.78, 5) is 12.2. The molecule has 1 fully saturated rings. The molecule has 0 aromatic heterocycles. The van der Waals surface area contributed by atoms with E-state index >= 15 is 0 Å². The van der Waals surface area contributed by atoms with Gasteiger partial charge in [0.25, 0.3) is 10.2 Å². The summed E-state index contributed by atoms with van der Waals surface area (Å²) in [6.45, 7) is 6.88. The van der Waals surface area contributed by atoms with Crippen molar-refractivity contribution in [3.8, 4) is 0 Å². The van der Waals surface area contributed by atoms with E-state index in [0.29, 0.717) is 25.3 Å². The van der Waals surface area contributed by atoms with Gasteiger partial charge in [-0.05, 0) is 49.6 Å². The summed E-state index contributed by atoms with van der Waals surface area (Å²) in [6.07, 6.45) is 0. The fourth-order valence-corrected chi connectivity index (χ4v) is 4.98. The molecule has 6 nitrogen and oxygen atoms in total. The number of carbonyl (C=O) groups excluding carboxylic acids is 1. The number of benzene rings is 2. The SMILES string of the molecule is Cc1cc(C)c(CN2CCN(CC(=O)Nc3ccccc3)S2(=O)=O)c(C)c1. The number of rotatable bonds is 5. The first-order valence-electron chi connectivity index (χ1n) is 8.94. The average Bonchev–Trinajstić information content (AvgIpc) is 2.86. The summed E-state index contributed by atoms with van der Waals surface area (Å²) in [7, 11) is -3.65. The van der Waals surface area contributed by atoms with E-state index in [9.17, 15) is 13.2 Å². The van der Waals surface area contributed by atoms with E-state index in [1.165, 1.54) is 8.61 Å². The minimum Gasteiger partial charge on any atom is -0.325 e. The summed E-state index contributed by atoms with van der Waals surface area (Å²) in [5.74, 6) is -0.339. The lowest BCUT2D eigenvalue weighted by atomic mass is 10.00. The van der Waals surface area contributed by atoms with Crippen LogP contribution in [0, 0.1) is 20.8 Å². The Morgan fingerprint density at radius 3 is 2.22 bits per heavy atom. The maximum atomic E-state index is 12.8. The van der Waals surface area contributed by atoms with E-state index < -0.39 is 10.2 Å². The van der Waals surface area contributed by atoms with Crippen LogP contribution in [-0.4, -0.2) is 42.6 Å². The number of anilines is 1. The molecule has 1 saturated heterocycles. The van der Waals surface area contributed by atoms with Gasteiger partial charge in [0.2, 0.25) is 5.91 Å². The van der Waals surface area contributed by atoms with Crippen molar-refractivity contribution in [2.45, 2.75) is 27.3 Å². The number of nitrogens with zero attached hydrogens (tertiary/aromatic N) is 2. The van der Waals surface area contributed by atoms with Crippen molar-refractivity contribution in [1.82, 2.24) is 8.61 Å². The van der Waals surface area contributed by atoms with Crippen LogP contribution in [0.25, 0.3) is 0 Å². The predicted molar refractivity (Wildman–Crippen MR) is 107 cm³/mol. The number of hydrogen-bond donors (Lipinski definition) is 1. The second-order valence-corrected chi connectivity index (χ2v) is 8.89.